The molecule has 0 aliphatic rings. The van der Waals surface area contributed by atoms with Crippen molar-refractivity contribution in [3.8, 4) is 0 Å². The Morgan fingerprint density at radius 1 is 1.00 bits per heavy atom. The molecule has 0 bridgehead atoms. The predicted molar refractivity (Wildman–Crippen MR) is 19.8 cm³/mol. The van der Waals surface area contributed by atoms with E-state index in [0.717, 1.165) is 0 Å². The SMILES string of the molecule is F[B-](F)(F)F.[BeH2].[H+]. The molecule has 0 amide bonds. The van der Waals surface area contributed by atoms with Gasteiger partial charge < -0.3 is 17.3 Å². The van der Waals surface area contributed by atoms with Crippen molar-refractivity contribution in [1.82, 2.24) is 0 Å². The van der Waals surface area contributed by atoms with Crippen LogP contribution in [-0.2, 0) is 0 Å². The fourth-order valence-corrected chi connectivity index (χ4v) is 0. The van der Waals surface area contributed by atoms with Gasteiger partial charge in [0.25, 0.3) is 0 Å². The summed E-state index contributed by atoms with van der Waals surface area (Å²) in [6, 6.07) is 0. The van der Waals surface area contributed by atoms with Gasteiger partial charge in [0, 0.05) is 0 Å². The molecule has 0 unspecified atom stereocenters. The van der Waals surface area contributed by atoms with Crippen LogP contribution >= 0.6 is 0 Å². The van der Waals surface area contributed by atoms with Crippen LogP contribution in [0.25, 0.3) is 0 Å². The van der Waals surface area contributed by atoms with Crippen molar-refractivity contribution in [1.29, 1.82) is 0 Å². The number of rotatable bonds is 0. The van der Waals surface area contributed by atoms with Crippen LogP contribution in [0.3, 0.4) is 0 Å². The average Bonchev–Trinajstić information content (AvgIpc) is 0.722. The first kappa shape index (κ1) is 9.35. The van der Waals surface area contributed by atoms with Gasteiger partial charge in [-0.1, -0.05) is 0 Å². The van der Waals surface area contributed by atoms with Crippen molar-refractivity contribution in [2.24, 2.45) is 0 Å². The van der Waals surface area contributed by atoms with Crippen LogP contribution in [0.1, 0.15) is 1.43 Å². The number of hydrogen-bond acceptors (Lipinski definition) is 0. The Bertz CT molecular complexity index is 27.2. The van der Waals surface area contributed by atoms with Crippen molar-refractivity contribution >= 4 is 17.4 Å². The summed E-state index contributed by atoms with van der Waals surface area (Å²) in [4.78, 5) is 0. The van der Waals surface area contributed by atoms with E-state index in [4.69, 9.17) is 0 Å². The zero-order chi connectivity index (χ0) is 4.50. The van der Waals surface area contributed by atoms with E-state index >= 15 is 0 Å². The first-order chi connectivity index (χ1) is 2.00. The van der Waals surface area contributed by atoms with Crippen molar-refractivity contribution in [3.05, 3.63) is 0 Å². The summed E-state index contributed by atoms with van der Waals surface area (Å²) >= 11 is 0. The van der Waals surface area contributed by atoms with Gasteiger partial charge in [-0.05, 0) is 0 Å². The molecule has 0 aromatic rings. The van der Waals surface area contributed by atoms with Crippen LogP contribution in [0.5, 0.6) is 0 Å². The molecule has 36 valence electrons. The fourth-order valence-electron chi connectivity index (χ4n) is 0. The van der Waals surface area contributed by atoms with Crippen LogP contribution in [-0.4, -0.2) is 17.4 Å². The Kier molecular flexibility index (Phi) is 3.40. The summed E-state index contributed by atoms with van der Waals surface area (Å²) in [5, 5.41) is 0. The zero-order valence-electron chi connectivity index (χ0n) is 3.09. The first-order valence-corrected chi connectivity index (χ1v) is 0.873. The Morgan fingerprint density at radius 3 is 1.00 bits per heavy atom. The second kappa shape index (κ2) is 2.18. The van der Waals surface area contributed by atoms with Gasteiger partial charge in [0.15, 0.2) is 0 Å². The molecule has 0 aliphatic carbocycles. The van der Waals surface area contributed by atoms with Gasteiger partial charge in [0.1, 0.15) is 0 Å². The third-order valence-corrected chi connectivity index (χ3v) is 0. The first-order valence-electron chi connectivity index (χ1n) is 0.873. The summed E-state index contributed by atoms with van der Waals surface area (Å²) in [6.07, 6.45) is 0. The van der Waals surface area contributed by atoms with E-state index in [1.54, 1.807) is 0 Å². The fraction of sp³-hybridized carbons (Fsp3) is 0. The maximum absolute atomic E-state index is 9.75. The van der Waals surface area contributed by atoms with E-state index in [1.807, 2.05) is 0 Å². The largest absolute Gasteiger partial charge is 1.00 e. The summed E-state index contributed by atoms with van der Waals surface area (Å²) in [5.41, 5.74) is 0. The van der Waals surface area contributed by atoms with Gasteiger partial charge in [-0.3, -0.25) is 0 Å². The van der Waals surface area contributed by atoms with Crippen LogP contribution in [0.4, 0.5) is 17.3 Å². The molecule has 0 aliphatic heterocycles. The van der Waals surface area contributed by atoms with E-state index in [2.05, 4.69) is 0 Å². The quantitative estimate of drug-likeness (QED) is 0.306. The topological polar surface area (TPSA) is 0 Å². The molecule has 0 aromatic heterocycles. The molecule has 0 saturated carbocycles. The van der Waals surface area contributed by atoms with Crippen molar-refractivity contribution in [3.63, 3.8) is 0 Å². The standard InChI is InChI=1S/BF4.Be.2H/c2-1(3,4)5;;;/q-1;;;/p+1. The third-order valence-electron chi connectivity index (χ3n) is 0. The van der Waals surface area contributed by atoms with Crippen molar-refractivity contribution in [2.45, 2.75) is 0 Å². The minimum absolute atomic E-state index is 0. The Balaban J connectivity index is -0.0000000800. The smallest absolute Gasteiger partial charge is 1.00 e. The Labute approximate surface area is 37.3 Å². The summed E-state index contributed by atoms with van der Waals surface area (Å²) in [5.74, 6) is 0. The molecule has 0 fully saturated rings. The molecule has 0 rings (SSSR count). The molecule has 0 saturated heterocycles. The second-order valence-electron chi connectivity index (χ2n) is 0.495. The summed E-state index contributed by atoms with van der Waals surface area (Å²) in [7, 11) is -6.00. The van der Waals surface area contributed by atoms with Crippen LogP contribution in [0.2, 0.25) is 0 Å². The van der Waals surface area contributed by atoms with E-state index < -0.39 is 7.25 Å². The van der Waals surface area contributed by atoms with Gasteiger partial charge in [0.2, 0.25) is 0 Å². The molecule has 0 spiro atoms. The molecule has 0 N–H and O–H groups in total. The molecule has 0 nitrogen and oxygen atoms in total. The molecular weight excluding hydrogens is 95.8 g/mol. The van der Waals surface area contributed by atoms with Crippen LogP contribution in [0, 0.1) is 0 Å². The average molecular weight is 98.8 g/mol. The van der Waals surface area contributed by atoms with Gasteiger partial charge in [-0.25, -0.2) is 0 Å². The maximum Gasteiger partial charge on any atom is 1.00 e. The summed E-state index contributed by atoms with van der Waals surface area (Å²) < 4.78 is 39.0. The Hall–Kier alpha value is -0.0462. The second-order valence-corrected chi connectivity index (χ2v) is 0.495. The van der Waals surface area contributed by atoms with Gasteiger partial charge in [0.05, 0.1) is 0 Å². The van der Waals surface area contributed by atoms with Gasteiger partial charge in [-0.2, -0.15) is 0 Å². The van der Waals surface area contributed by atoms with Gasteiger partial charge >= 0.3 is 18.8 Å². The molecule has 6 heavy (non-hydrogen) atoms. The summed E-state index contributed by atoms with van der Waals surface area (Å²) in [6.45, 7) is 0. The molecular formula is H3BBeF4. The normalized spacial score (nSPS) is 10.0. The molecule has 6 heteroatoms. The monoisotopic (exact) mass is 99.0 g/mol. The minimum atomic E-state index is -6.00. The molecule has 0 aromatic carbocycles. The van der Waals surface area contributed by atoms with Gasteiger partial charge in [-0.15, -0.1) is 0 Å². The van der Waals surface area contributed by atoms with E-state index in [0.29, 0.717) is 0 Å². The van der Waals surface area contributed by atoms with Crippen LogP contribution in [0.15, 0.2) is 0 Å². The van der Waals surface area contributed by atoms with Crippen LogP contribution < -0.4 is 0 Å². The Morgan fingerprint density at radius 2 is 1.00 bits per heavy atom. The maximum atomic E-state index is 9.75. The number of hydrogen-bond donors (Lipinski definition) is 0. The van der Waals surface area contributed by atoms with E-state index in [1.165, 1.54) is 0 Å². The molecule has 0 heterocycles. The van der Waals surface area contributed by atoms with E-state index in [9.17, 15) is 17.3 Å². The minimum Gasteiger partial charge on any atom is 1.00 e. The van der Waals surface area contributed by atoms with Crippen molar-refractivity contribution in [2.75, 3.05) is 0 Å². The zero-order valence-corrected chi connectivity index (χ0v) is 2.09. The predicted octanol–water partition coefficient (Wildman–Crippen LogP) is 0.496. The molecule has 0 radical (unpaired) electrons. The number of halogens is 4. The van der Waals surface area contributed by atoms with E-state index in [-0.39, 0.29) is 11.5 Å². The molecule has 0 atom stereocenters. The third kappa shape index (κ3) is 16100. The van der Waals surface area contributed by atoms with Crippen molar-refractivity contribution < 1.29 is 18.7 Å².